The highest BCUT2D eigenvalue weighted by Gasteiger charge is 2.26. The van der Waals surface area contributed by atoms with Crippen LogP contribution in [-0.4, -0.2) is 40.3 Å². The highest BCUT2D eigenvalue weighted by Crippen LogP contribution is 2.32. The lowest BCUT2D eigenvalue weighted by molar-refractivity contribution is 0.191. The fourth-order valence-corrected chi connectivity index (χ4v) is 4.86. The van der Waals surface area contributed by atoms with Gasteiger partial charge in [0.05, 0.1) is 23.2 Å². The molecular weight excluding hydrogens is 396 g/mol. The standard InChI is InChI=1S/C23H24N4O2S/c1-15-9-12-30-21(15)23-26-25-22(29-23)16-7-10-27(11-8-16)14-18-4-3-17-13-19(28-2)5-6-20(17)24-18/h3-6,9,12-13,16H,7-8,10-11,14H2,1-2H3. The van der Waals surface area contributed by atoms with Crippen LogP contribution in [0, 0.1) is 6.92 Å². The van der Waals surface area contributed by atoms with E-state index in [1.165, 1.54) is 5.56 Å². The number of nitrogens with zero attached hydrogens (tertiary/aromatic N) is 4. The molecule has 0 N–H and O–H groups in total. The van der Waals surface area contributed by atoms with Gasteiger partial charge in [-0.25, -0.2) is 0 Å². The second-order valence-electron chi connectivity index (χ2n) is 7.79. The van der Waals surface area contributed by atoms with E-state index in [1.807, 2.05) is 18.2 Å². The van der Waals surface area contributed by atoms with Gasteiger partial charge in [0, 0.05) is 17.8 Å². The van der Waals surface area contributed by atoms with Crippen molar-refractivity contribution in [2.24, 2.45) is 0 Å². The van der Waals surface area contributed by atoms with Crippen LogP contribution in [-0.2, 0) is 6.54 Å². The van der Waals surface area contributed by atoms with Crippen LogP contribution in [0.15, 0.2) is 46.2 Å². The van der Waals surface area contributed by atoms with Gasteiger partial charge in [0.1, 0.15) is 5.75 Å². The zero-order valence-electron chi connectivity index (χ0n) is 17.2. The van der Waals surface area contributed by atoms with Crippen LogP contribution in [0.25, 0.3) is 21.7 Å². The number of aryl methyl sites for hydroxylation is 1. The van der Waals surface area contributed by atoms with Gasteiger partial charge < -0.3 is 9.15 Å². The molecule has 1 aromatic carbocycles. The number of likely N-dealkylation sites (tertiary alicyclic amines) is 1. The summed E-state index contributed by atoms with van der Waals surface area (Å²) in [5.74, 6) is 2.62. The number of aromatic nitrogens is 3. The Morgan fingerprint density at radius 2 is 2.00 bits per heavy atom. The Morgan fingerprint density at radius 3 is 2.77 bits per heavy atom. The lowest BCUT2D eigenvalue weighted by atomic mass is 9.96. The van der Waals surface area contributed by atoms with Crippen molar-refractivity contribution in [1.82, 2.24) is 20.1 Å². The molecular formula is C23H24N4O2S. The molecule has 0 bridgehead atoms. The van der Waals surface area contributed by atoms with Gasteiger partial charge in [-0.15, -0.1) is 21.5 Å². The molecule has 0 saturated carbocycles. The Labute approximate surface area is 179 Å². The first kappa shape index (κ1) is 19.2. The van der Waals surface area contributed by atoms with Gasteiger partial charge in [-0.3, -0.25) is 9.88 Å². The van der Waals surface area contributed by atoms with Crippen LogP contribution in [0.4, 0.5) is 0 Å². The van der Waals surface area contributed by atoms with Crippen LogP contribution in [0.2, 0.25) is 0 Å². The van der Waals surface area contributed by atoms with Crippen molar-refractivity contribution in [3.8, 4) is 16.5 Å². The van der Waals surface area contributed by atoms with Crippen LogP contribution in [0.3, 0.4) is 0 Å². The predicted octanol–water partition coefficient (Wildman–Crippen LogP) is 5.04. The summed E-state index contributed by atoms with van der Waals surface area (Å²) in [4.78, 5) is 8.35. The number of hydrogen-bond donors (Lipinski definition) is 0. The Hall–Kier alpha value is -2.77. The van der Waals surface area contributed by atoms with E-state index in [4.69, 9.17) is 14.1 Å². The molecule has 0 spiro atoms. The van der Waals surface area contributed by atoms with E-state index in [0.717, 1.165) is 65.6 Å². The molecule has 0 radical (unpaired) electrons. The zero-order chi connectivity index (χ0) is 20.5. The second-order valence-corrected chi connectivity index (χ2v) is 8.71. The normalized spacial score (nSPS) is 15.7. The fraction of sp³-hybridized carbons (Fsp3) is 0.348. The summed E-state index contributed by atoms with van der Waals surface area (Å²) < 4.78 is 11.3. The van der Waals surface area contributed by atoms with Crippen molar-refractivity contribution in [1.29, 1.82) is 0 Å². The first-order valence-corrected chi connectivity index (χ1v) is 11.1. The summed E-state index contributed by atoms with van der Waals surface area (Å²) >= 11 is 1.65. The predicted molar refractivity (Wildman–Crippen MR) is 118 cm³/mol. The van der Waals surface area contributed by atoms with E-state index in [9.17, 15) is 0 Å². The van der Waals surface area contributed by atoms with E-state index >= 15 is 0 Å². The number of benzene rings is 1. The maximum atomic E-state index is 6.02. The monoisotopic (exact) mass is 420 g/mol. The fourth-order valence-electron chi connectivity index (χ4n) is 4.01. The SMILES string of the molecule is COc1ccc2nc(CN3CCC(c4nnc(-c5sccc5C)o4)CC3)ccc2c1. The lowest BCUT2D eigenvalue weighted by Gasteiger charge is -2.30. The largest absolute Gasteiger partial charge is 0.497 e. The molecule has 6 nitrogen and oxygen atoms in total. The Kier molecular flexibility index (Phi) is 5.23. The Balaban J connectivity index is 1.22. The van der Waals surface area contributed by atoms with E-state index in [1.54, 1.807) is 18.4 Å². The highest BCUT2D eigenvalue weighted by molar-refractivity contribution is 7.13. The molecule has 30 heavy (non-hydrogen) atoms. The maximum Gasteiger partial charge on any atom is 0.258 e. The number of thiophene rings is 1. The molecule has 3 aromatic heterocycles. The third-order valence-electron chi connectivity index (χ3n) is 5.77. The number of pyridine rings is 1. The molecule has 1 saturated heterocycles. The number of methoxy groups -OCH3 is 1. The smallest absolute Gasteiger partial charge is 0.258 e. The van der Waals surface area contributed by atoms with Crippen molar-refractivity contribution >= 4 is 22.2 Å². The van der Waals surface area contributed by atoms with Crippen molar-refractivity contribution in [2.45, 2.75) is 32.2 Å². The molecule has 4 heterocycles. The van der Waals surface area contributed by atoms with Gasteiger partial charge >= 0.3 is 0 Å². The summed E-state index contributed by atoms with van der Waals surface area (Å²) in [6.45, 7) is 4.94. The quantitative estimate of drug-likeness (QED) is 0.451. The topological polar surface area (TPSA) is 64.3 Å². The summed E-state index contributed by atoms with van der Waals surface area (Å²) in [5.41, 5.74) is 3.29. The van der Waals surface area contributed by atoms with Crippen LogP contribution < -0.4 is 4.74 Å². The average molecular weight is 421 g/mol. The highest BCUT2D eigenvalue weighted by atomic mass is 32.1. The zero-order valence-corrected chi connectivity index (χ0v) is 18.0. The van der Waals surface area contributed by atoms with Gasteiger partial charge in [-0.05, 0) is 74.1 Å². The molecule has 0 unspecified atom stereocenters. The van der Waals surface area contributed by atoms with Gasteiger partial charge in [0.25, 0.3) is 5.89 Å². The maximum absolute atomic E-state index is 6.02. The molecule has 0 atom stereocenters. The first-order valence-electron chi connectivity index (χ1n) is 10.2. The molecule has 1 fully saturated rings. The second kappa shape index (κ2) is 8.16. The minimum Gasteiger partial charge on any atom is -0.497 e. The third-order valence-corrected chi connectivity index (χ3v) is 6.78. The Morgan fingerprint density at radius 1 is 1.13 bits per heavy atom. The molecule has 0 amide bonds. The lowest BCUT2D eigenvalue weighted by Crippen LogP contribution is -2.32. The molecule has 5 rings (SSSR count). The van der Waals surface area contributed by atoms with Crippen molar-refractivity contribution in [3.05, 3.63) is 58.9 Å². The third kappa shape index (κ3) is 3.82. The molecule has 4 aromatic rings. The van der Waals surface area contributed by atoms with E-state index in [0.29, 0.717) is 11.8 Å². The summed E-state index contributed by atoms with van der Waals surface area (Å²) in [6.07, 6.45) is 2.05. The van der Waals surface area contributed by atoms with Crippen molar-refractivity contribution in [3.63, 3.8) is 0 Å². The number of rotatable bonds is 5. The number of piperidine rings is 1. The summed E-state index contributed by atoms with van der Waals surface area (Å²) in [5, 5.41) is 11.8. The minimum atomic E-state index is 0.333. The van der Waals surface area contributed by atoms with Crippen LogP contribution in [0.5, 0.6) is 5.75 Å². The number of fused-ring (bicyclic) bond motifs is 1. The van der Waals surface area contributed by atoms with Crippen molar-refractivity contribution in [2.75, 3.05) is 20.2 Å². The van der Waals surface area contributed by atoms with Gasteiger partial charge in [0.2, 0.25) is 5.89 Å². The molecule has 1 aliphatic heterocycles. The molecule has 7 heteroatoms. The van der Waals surface area contributed by atoms with Crippen molar-refractivity contribution < 1.29 is 9.15 Å². The summed E-state index contributed by atoms with van der Waals surface area (Å²) in [6, 6.07) is 12.3. The van der Waals surface area contributed by atoms with Crippen LogP contribution >= 0.6 is 11.3 Å². The molecule has 154 valence electrons. The minimum absolute atomic E-state index is 0.333. The number of ether oxygens (including phenoxy) is 1. The number of hydrogen-bond acceptors (Lipinski definition) is 7. The summed E-state index contributed by atoms with van der Waals surface area (Å²) in [7, 11) is 1.69. The van der Waals surface area contributed by atoms with E-state index < -0.39 is 0 Å². The van der Waals surface area contributed by atoms with Gasteiger partial charge in [-0.2, -0.15) is 0 Å². The van der Waals surface area contributed by atoms with E-state index in [-0.39, 0.29) is 0 Å². The van der Waals surface area contributed by atoms with E-state index in [2.05, 4.69) is 45.6 Å². The van der Waals surface area contributed by atoms with Crippen LogP contribution in [0.1, 0.15) is 35.9 Å². The van der Waals surface area contributed by atoms with Gasteiger partial charge in [-0.1, -0.05) is 6.07 Å². The molecule has 0 aliphatic carbocycles. The first-order chi connectivity index (χ1) is 14.7. The molecule has 1 aliphatic rings. The average Bonchev–Trinajstić information content (AvgIpc) is 3.43. The van der Waals surface area contributed by atoms with Gasteiger partial charge in [0.15, 0.2) is 0 Å². The Bertz CT molecular complexity index is 1160.